The lowest BCUT2D eigenvalue weighted by molar-refractivity contribution is 0.0696. The van der Waals surface area contributed by atoms with Gasteiger partial charge in [0.25, 0.3) is 0 Å². The second-order valence-electron chi connectivity index (χ2n) is 4.52. The minimum Gasteiger partial charge on any atom is -0.478 e. The zero-order valence-corrected chi connectivity index (χ0v) is 12.4. The quantitative estimate of drug-likeness (QED) is 0.679. The molecule has 0 radical (unpaired) electrons. The van der Waals surface area contributed by atoms with Crippen LogP contribution in [0.25, 0.3) is 0 Å². The Balaban J connectivity index is 2.31. The third-order valence-corrected chi connectivity index (χ3v) is 3.48. The summed E-state index contributed by atoms with van der Waals surface area (Å²) in [4.78, 5) is 15.2. The van der Waals surface area contributed by atoms with Gasteiger partial charge < -0.3 is 10.4 Å². The number of anilines is 1. The number of aromatic nitrogens is 1. The monoisotopic (exact) mass is 282 g/mol. The number of hydrogen-bond donors (Lipinski definition) is 2. The summed E-state index contributed by atoms with van der Waals surface area (Å²) >= 11 is 1.89. The van der Waals surface area contributed by atoms with E-state index in [0.717, 1.165) is 18.7 Å². The highest BCUT2D eigenvalue weighted by atomic mass is 32.2. The summed E-state index contributed by atoms with van der Waals surface area (Å²) in [5, 5.41) is 12.2. The number of nitrogens with zero attached hydrogens (tertiary/aromatic N) is 1. The summed E-state index contributed by atoms with van der Waals surface area (Å²) < 4.78 is 0. The minimum atomic E-state index is -0.911. The molecule has 4 nitrogen and oxygen atoms in total. The molecule has 0 aliphatic rings. The largest absolute Gasteiger partial charge is 0.478 e. The summed E-state index contributed by atoms with van der Waals surface area (Å²) in [5.41, 5.74) is 1.01. The van der Waals surface area contributed by atoms with Gasteiger partial charge in [-0.05, 0) is 43.9 Å². The van der Waals surface area contributed by atoms with Crippen molar-refractivity contribution < 1.29 is 9.90 Å². The van der Waals surface area contributed by atoms with Gasteiger partial charge in [0.05, 0.1) is 5.56 Å². The third-order valence-electron chi connectivity index (χ3n) is 2.78. The molecule has 0 aliphatic heterocycles. The van der Waals surface area contributed by atoms with Gasteiger partial charge in [-0.1, -0.05) is 12.8 Å². The molecule has 106 valence electrons. The number of aryl methyl sites for hydroxylation is 1. The number of carboxylic acids is 1. The highest BCUT2D eigenvalue weighted by Crippen LogP contribution is 2.11. The van der Waals surface area contributed by atoms with Gasteiger partial charge in [0, 0.05) is 12.2 Å². The zero-order valence-electron chi connectivity index (χ0n) is 11.6. The molecule has 0 saturated carbocycles. The number of thioether (sulfide) groups is 1. The van der Waals surface area contributed by atoms with Crippen molar-refractivity contribution in [2.45, 2.75) is 32.6 Å². The summed E-state index contributed by atoms with van der Waals surface area (Å²) in [5.74, 6) is 0.974. The normalized spacial score (nSPS) is 10.4. The van der Waals surface area contributed by atoms with Crippen LogP contribution >= 0.6 is 11.8 Å². The fourth-order valence-electron chi connectivity index (χ4n) is 1.82. The van der Waals surface area contributed by atoms with Crippen molar-refractivity contribution in [3.8, 4) is 0 Å². The van der Waals surface area contributed by atoms with Gasteiger partial charge in [0.2, 0.25) is 0 Å². The van der Waals surface area contributed by atoms with Crippen LogP contribution in [0.5, 0.6) is 0 Å². The van der Waals surface area contributed by atoms with E-state index in [4.69, 9.17) is 5.11 Å². The lowest BCUT2D eigenvalue weighted by Gasteiger charge is -2.07. The molecule has 0 fully saturated rings. The molecule has 1 aromatic heterocycles. The molecule has 1 aromatic rings. The lowest BCUT2D eigenvalue weighted by Crippen LogP contribution is -2.06. The van der Waals surface area contributed by atoms with E-state index in [1.54, 1.807) is 19.1 Å². The molecule has 0 unspecified atom stereocenters. The standard InChI is InChI=1S/C14H22N2O2S/c1-11-9-12(14(17)18)10-13(16-11)15-7-5-3-4-6-8-19-2/h9-10H,3-8H2,1-2H3,(H,15,16)(H,17,18). The maximum atomic E-state index is 10.9. The van der Waals surface area contributed by atoms with Crippen LogP contribution in [0.4, 0.5) is 5.82 Å². The first-order chi connectivity index (χ1) is 9.13. The van der Waals surface area contributed by atoms with Gasteiger partial charge in [0.1, 0.15) is 5.82 Å². The van der Waals surface area contributed by atoms with E-state index in [1.807, 2.05) is 11.8 Å². The van der Waals surface area contributed by atoms with Crippen molar-refractivity contribution in [1.82, 2.24) is 4.98 Å². The van der Waals surface area contributed by atoms with Crippen molar-refractivity contribution in [2.24, 2.45) is 0 Å². The number of pyridine rings is 1. The number of carbonyl (C=O) groups is 1. The first-order valence-corrected chi connectivity index (χ1v) is 7.97. The molecule has 0 saturated heterocycles. The molecule has 0 spiro atoms. The highest BCUT2D eigenvalue weighted by Gasteiger charge is 2.06. The van der Waals surface area contributed by atoms with Crippen molar-refractivity contribution in [1.29, 1.82) is 0 Å². The van der Waals surface area contributed by atoms with Crippen LogP contribution in [0.15, 0.2) is 12.1 Å². The topological polar surface area (TPSA) is 62.2 Å². The fourth-order valence-corrected chi connectivity index (χ4v) is 2.32. The minimum absolute atomic E-state index is 0.287. The average molecular weight is 282 g/mol. The molecule has 0 aliphatic carbocycles. The predicted octanol–water partition coefficient (Wildman–Crippen LogP) is 3.42. The Morgan fingerprint density at radius 3 is 2.74 bits per heavy atom. The first-order valence-electron chi connectivity index (χ1n) is 6.58. The number of carboxylic acid groups (broad SMARTS) is 1. The van der Waals surface area contributed by atoms with E-state index >= 15 is 0 Å². The molecule has 0 atom stereocenters. The molecule has 0 amide bonds. The van der Waals surface area contributed by atoms with Crippen LogP contribution in [-0.2, 0) is 0 Å². The molecule has 2 N–H and O–H groups in total. The molecule has 5 heteroatoms. The number of rotatable bonds is 9. The third kappa shape index (κ3) is 6.47. The average Bonchev–Trinajstić information content (AvgIpc) is 2.37. The Kier molecular flexibility index (Phi) is 7.33. The Labute approximate surface area is 119 Å². The van der Waals surface area contributed by atoms with Gasteiger partial charge in [-0.3, -0.25) is 0 Å². The van der Waals surface area contributed by atoms with Crippen LogP contribution < -0.4 is 5.32 Å². The van der Waals surface area contributed by atoms with E-state index in [9.17, 15) is 4.79 Å². The van der Waals surface area contributed by atoms with E-state index in [0.29, 0.717) is 5.82 Å². The molecular weight excluding hydrogens is 260 g/mol. The van der Waals surface area contributed by atoms with Gasteiger partial charge in [-0.2, -0.15) is 11.8 Å². The van der Waals surface area contributed by atoms with Crippen molar-refractivity contribution in [3.05, 3.63) is 23.4 Å². The second kappa shape index (κ2) is 8.80. The molecule has 19 heavy (non-hydrogen) atoms. The summed E-state index contributed by atoms with van der Waals surface area (Å²) in [6, 6.07) is 3.17. The lowest BCUT2D eigenvalue weighted by atomic mass is 10.2. The predicted molar refractivity (Wildman–Crippen MR) is 81.3 cm³/mol. The number of aromatic carboxylic acids is 1. The summed E-state index contributed by atoms with van der Waals surface area (Å²) in [7, 11) is 0. The molecular formula is C14H22N2O2S. The van der Waals surface area contributed by atoms with Crippen LogP contribution in [0.1, 0.15) is 41.7 Å². The number of hydrogen-bond acceptors (Lipinski definition) is 4. The van der Waals surface area contributed by atoms with Crippen molar-refractivity contribution in [3.63, 3.8) is 0 Å². The summed E-state index contributed by atoms with van der Waals surface area (Å²) in [6.07, 6.45) is 6.94. The van der Waals surface area contributed by atoms with Gasteiger partial charge in [0.15, 0.2) is 0 Å². The highest BCUT2D eigenvalue weighted by molar-refractivity contribution is 7.98. The molecule has 0 bridgehead atoms. The zero-order chi connectivity index (χ0) is 14.1. The Morgan fingerprint density at radius 1 is 1.32 bits per heavy atom. The van der Waals surface area contributed by atoms with Crippen LogP contribution in [0.3, 0.4) is 0 Å². The number of unbranched alkanes of at least 4 members (excludes halogenated alkanes) is 3. The van der Waals surface area contributed by atoms with E-state index in [-0.39, 0.29) is 5.56 Å². The maximum Gasteiger partial charge on any atom is 0.335 e. The van der Waals surface area contributed by atoms with Crippen molar-refractivity contribution in [2.75, 3.05) is 23.9 Å². The fraction of sp³-hybridized carbons (Fsp3) is 0.571. The SMILES string of the molecule is CSCCCCCCNc1cc(C(=O)O)cc(C)n1. The second-order valence-corrected chi connectivity index (χ2v) is 5.51. The number of nitrogens with one attached hydrogen (secondary N) is 1. The van der Waals surface area contributed by atoms with Crippen LogP contribution in [0, 0.1) is 6.92 Å². The maximum absolute atomic E-state index is 10.9. The summed E-state index contributed by atoms with van der Waals surface area (Å²) in [6.45, 7) is 2.65. The van der Waals surface area contributed by atoms with Gasteiger partial charge >= 0.3 is 5.97 Å². The first kappa shape index (κ1) is 15.8. The van der Waals surface area contributed by atoms with E-state index in [1.165, 1.54) is 25.0 Å². The van der Waals surface area contributed by atoms with Gasteiger partial charge in [-0.15, -0.1) is 0 Å². The van der Waals surface area contributed by atoms with E-state index < -0.39 is 5.97 Å². The molecule has 1 rings (SSSR count). The van der Waals surface area contributed by atoms with E-state index in [2.05, 4.69) is 16.6 Å². The Hall–Kier alpha value is -1.23. The molecule has 0 aromatic carbocycles. The van der Waals surface area contributed by atoms with Crippen molar-refractivity contribution >= 4 is 23.5 Å². The molecule has 1 heterocycles. The smallest absolute Gasteiger partial charge is 0.335 e. The van der Waals surface area contributed by atoms with Crippen LogP contribution in [0.2, 0.25) is 0 Å². The van der Waals surface area contributed by atoms with Crippen LogP contribution in [-0.4, -0.2) is 34.6 Å². The Bertz CT molecular complexity index is 410. The Morgan fingerprint density at radius 2 is 2.05 bits per heavy atom. The van der Waals surface area contributed by atoms with Gasteiger partial charge in [-0.25, -0.2) is 9.78 Å².